The van der Waals surface area contributed by atoms with Crippen molar-refractivity contribution in [1.82, 2.24) is 9.21 Å². The molecule has 0 aliphatic carbocycles. The topological polar surface area (TPSA) is 96.0 Å². The number of piperidine rings is 1. The minimum Gasteiger partial charge on any atom is -0.479 e. The van der Waals surface area contributed by atoms with Gasteiger partial charge in [-0.3, -0.25) is 9.59 Å². The van der Waals surface area contributed by atoms with Crippen molar-refractivity contribution in [3.05, 3.63) is 17.7 Å². The number of anilines is 1. The van der Waals surface area contributed by atoms with Crippen molar-refractivity contribution in [3.8, 4) is 5.75 Å². The van der Waals surface area contributed by atoms with E-state index < -0.39 is 16.1 Å². The lowest BCUT2D eigenvalue weighted by Crippen LogP contribution is -2.44. The van der Waals surface area contributed by atoms with Gasteiger partial charge in [-0.15, -0.1) is 0 Å². The Morgan fingerprint density at radius 2 is 1.94 bits per heavy atom. The molecule has 0 radical (unpaired) electrons. The smallest absolute Gasteiger partial charge is 0.265 e. The highest BCUT2D eigenvalue weighted by molar-refractivity contribution is 7.89. The Labute approximate surface area is 185 Å². The molecule has 1 fully saturated rings. The van der Waals surface area contributed by atoms with Crippen LogP contribution in [0.15, 0.2) is 17.0 Å². The molecule has 8 nitrogen and oxygen atoms in total. The van der Waals surface area contributed by atoms with Crippen molar-refractivity contribution in [2.24, 2.45) is 5.92 Å². The minimum atomic E-state index is -3.73. The fourth-order valence-corrected chi connectivity index (χ4v) is 5.83. The molecule has 0 aromatic heterocycles. The van der Waals surface area contributed by atoms with E-state index in [1.54, 1.807) is 19.9 Å². The number of nitrogens with one attached hydrogen (secondary N) is 1. The van der Waals surface area contributed by atoms with Crippen LogP contribution in [0, 0.1) is 12.8 Å². The van der Waals surface area contributed by atoms with Gasteiger partial charge in [-0.2, -0.15) is 4.31 Å². The van der Waals surface area contributed by atoms with Gasteiger partial charge in [0.05, 0.1) is 10.6 Å². The number of rotatable bonds is 7. The van der Waals surface area contributed by atoms with Crippen molar-refractivity contribution in [2.75, 3.05) is 31.5 Å². The van der Waals surface area contributed by atoms with Crippen LogP contribution in [-0.2, 0) is 19.6 Å². The maximum Gasteiger partial charge on any atom is 0.265 e. The van der Waals surface area contributed by atoms with Crippen LogP contribution in [0.3, 0.4) is 0 Å². The molecule has 2 heterocycles. The standard InChI is InChI=1S/C22H33N3O5S/c1-5-7-10-24(6-2)22(27)17-8-11-25(12-9-17)31(28,29)20-14-19-18(13-15(20)3)23-21(26)16(4)30-19/h13-14,16-17H,5-12H2,1-4H3,(H,23,26)/t16-/m0/s1. The highest BCUT2D eigenvalue weighted by Gasteiger charge is 2.35. The SMILES string of the molecule is CCCCN(CC)C(=O)C1CCN(S(=O)(=O)c2cc3c(cc2C)NC(=O)[C@H](C)O3)CC1. The Hall–Kier alpha value is -2.13. The minimum absolute atomic E-state index is 0.132. The first kappa shape index (κ1) is 23.5. The molecule has 1 N–H and O–H groups in total. The van der Waals surface area contributed by atoms with E-state index in [0.29, 0.717) is 49.5 Å². The van der Waals surface area contributed by atoms with Crippen molar-refractivity contribution >= 4 is 27.5 Å². The normalized spacial score (nSPS) is 20.0. The number of hydrogen-bond acceptors (Lipinski definition) is 5. The molecule has 1 saturated heterocycles. The van der Waals surface area contributed by atoms with Gasteiger partial charge in [-0.05, 0) is 51.7 Å². The van der Waals surface area contributed by atoms with Crippen LogP contribution in [0.5, 0.6) is 5.75 Å². The molecule has 172 valence electrons. The highest BCUT2D eigenvalue weighted by Crippen LogP contribution is 2.36. The lowest BCUT2D eigenvalue weighted by atomic mass is 9.96. The van der Waals surface area contributed by atoms with Gasteiger partial charge in [-0.1, -0.05) is 13.3 Å². The zero-order valence-electron chi connectivity index (χ0n) is 18.8. The van der Waals surface area contributed by atoms with E-state index in [-0.39, 0.29) is 22.6 Å². The van der Waals surface area contributed by atoms with Gasteiger partial charge < -0.3 is 15.0 Å². The van der Waals surface area contributed by atoms with Crippen LogP contribution in [0.1, 0.15) is 52.0 Å². The van der Waals surface area contributed by atoms with Gasteiger partial charge in [0.25, 0.3) is 5.91 Å². The number of carbonyl (C=O) groups is 2. The molecule has 9 heteroatoms. The molecular formula is C22H33N3O5S. The average molecular weight is 452 g/mol. The third-order valence-electron chi connectivity index (χ3n) is 6.10. The summed E-state index contributed by atoms with van der Waals surface area (Å²) in [7, 11) is -3.73. The Kier molecular flexibility index (Phi) is 7.26. The largest absolute Gasteiger partial charge is 0.479 e. The molecule has 31 heavy (non-hydrogen) atoms. The quantitative estimate of drug-likeness (QED) is 0.688. The summed E-state index contributed by atoms with van der Waals surface area (Å²) in [6.07, 6.45) is 2.38. The molecule has 1 aromatic rings. The van der Waals surface area contributed by atoms with Crippen LogP contribution in [0.4, 0.5) is 5.69 Å². The van der Waals surface area contributed by atoms with E-state index in [0.717, 1.165) is 19.4 Å². The first-order valence-electron chi connectivity index (χ1n) is 11.1. The maximum absolute atomic E-state index is 13.3. The van der Waals surface area contributed by atoms with E-state index in [1.807, 2.05) is 11.8 Å². The Morgan fingerprint density at radius 3 is 2.55 bits per heavy atom. The maximum atomic E-state index is 13.3. The third kappa shape index (κ3) is 4.87. The van der Waals surface area contributed by atoms with Gasteiger partial charge >= 0.3 is 0 Å². The average Bonchev–Trinajstić information content (AvgIpc) is 2.75. The van der Waals surface area contributed by atoms with Gasteiger partial charge in [-0.25, -0.2) is 8.42 Å². The number of nitrogens with zero attached hydrogens (tertiary/aromatic N) is 2. The Bertz CT molecular complexity index is 939. The first-order chi connectivity index (χ1) is 14.7. The second-order valence-electron chi connectivity index (χ2n) is 8.31. The molecule has 2 aliphatic heterocycles. The second kappa shape index (κ2) is 9.56. The van der Waals surface area contributed by atoms with Crippen LogP contribution in [0.2, 0.25) is 0 Å². The summed E-state index contributed by atoms with van der Waals surface area (Å²) in [5, 5.41) is 2.74. The van der Waals surface area contributed by atoms with E-state index in [1.165, 1.54) is 10.4 Å². The predicted molar refractivity (Wildman–Crippen MR) is 119 cm³/mol. The monoisotopic (exact) mass is 451 g/mol. The van der Waals surface area contributed by atoms with E-state index in [4.69, 9.17) is 4.74 Å². The summed E-state index contributed by atoms with van der Waals surface area (Å²) in [4.78, 5) is 26.7. The van der Waals surface area contributed by atoms with Gasteiger partial charge in [0.1, 0.15) is 5.75 Å². The predicted octanol–water partition coefficient (Wildman–Crippen LogP) is 2.76. The van der Waals surface area contributed by atoms with Crippen LogP contribution >= 0.6 is 0 Å². The van der Waals surface area contributed by atoms with Crippen LogP contribution < -0.4 is 10.1 Å². The molecule has 1 atom stereocenters. The van der Waals surface area contributed by atoms with Crippen molar-refractivity contribution in [3.63, 3.8) is 0 Å². The summed E-state index contributed by atoms with van der Waals surface area (Å²) in [5.41, 5.74) is 1.03. The summed E-state index contributed by atoms with van der Waals surface area (Å²) < 4.78 is 33.7. The van der Waals surface area contributed by atoms with Gasteiger partial charge in [0.2, 0.25) is 15.9 Å². The molecule has 2 aliphatic rings. The zero-order valence-corrected chi connectivity index (χ0v) is 19.6. The van der Waals surface area contributed by atoms with E-state index >= 15 is 0 Å². The van der Waals surface area contributed by atoms with Crippen molar-refractivity contribution in [2.45, 2.75) is 64.4 Å². The summed E-state index contributed by atoms with van der Waals surface area (Å²) in [6.45, 7) is 9.48. The zero-order chi connectivity index (χ0) is 22.8. The number of hydrogen-bond donors (Lipinski definition) is 1. The molecule has 2 amide bonds. The number of ether oxygens (including phenoxy) is 1. The molecule has 0 bridgehead atoms. The molecular weight excluding hydrogens is 418 g/mol. The second-order valence-corrected chi connectivity index (χ2v) is 10.2. The number of benzene rings is 1. The number of aryl methyl sites for hydroxylation is 1. The van der Waals surface area contributed by atoms with Crippen LogP contribution in [0.25, 0.3) is 0 Å². The number of amides is 2. The molecule has 3 rings (SSSR count). The van der Waals surface area contributed by atoms with Gasteiger partial charge in [0.15, 0.2) is 6.10 Å². The fraction of sp³-hybridized carbons (Fsp3) is 0.636. The van der Waals surface area contributed by atoms with Crippen LogP contribution in [-0.4, -0.2) is 61.7 Å². The summed E-state index contributed by atoms with van der Waals surface area (Å²) in [6, 6.07) is 3.13. The summed E-state index contributed by atoms with van der Waals surface area (Å²) in [5.74, 6) is 0.105. The first-order valence-corrected chi connectivity index (χ1v) is 12.5. The third-order valence-corrected chi connectivity index (χ3v) is 8.14. The van der Waals surface area contributed by atoms with E-state index in [9.17, 15) is 18.0 Å². The van der Waals surface area contributed by atoms with Crippen molar-refractivity contribution in [1.29, 1.82) is 0 Å². The number of unbranched alkanes of at least 4 members (excludes halogenated alkanes) is 1. The summed E-state index contributed by atoms with van der Waals surface area (Å²) >= 11 is 0. The van der Waals surface area contributed by atoms with Crippen molar-refractivity contribution < 1.29 is 22.7 Å². The van der Waals surface area contributed by atoms with E-state index in [2.05, 4.69) is 12.2 Å². The lowest BCUT2D eigenvalue weighted by Gasteiger charge is -2.34. The Balaban J connectivity index is 1.73. The molecule has 0 saturated carbocycles. The number of sulfonamides is 1. The fourth-order valence-electron chi connectivity index (χ4n) is 4.13. The number of carbonyl (C=O) groups excluding carboxylic acids is 2. The number of fused-ring (bicyclic) bond motifs is 1. The molecule has 1 aromatic carbocycles. The lowest BCUT2D eigenvalue weighted by molar-refractivity contribution is -0.136. The molecule has 0 spiro atoms. The Morgan fingerprint density at radius 1 is 1.26 bits per heavy atom. The van der Waals surface area contributed by atoms with Gasteiger partial charge in [0, 0.05) is 38.2 Å². The molecule has 0 unspecified atom stereocenters. The highest BCUT2D eigenvalue weighted by atomic mass is 32.2.